The number of carbonyl (C=O) groups excluding carboxylic acids is 1. The molecule has 8 nitrogen and oxygen atoms in total. The molecular weight excluding hydrogens is 430 g/mol. The van der Waals surface area contributed by atoms with E-state index >= 15 is 0 Å². The smallest absolute Gasteiger partial charge is 0.251 e. The summed E-state index contributed by atoms with van der Waals surface area (Å²) in [6.07, 6.45) is 0. The van der Waals surface area contributed by atoms with Crippen molar-refractivity contribution < 1.29 is 22.7 Å². The Morgan fingerprint density at radius 1 is 1.06 bits per heavy atom. The minimum Gasteiger partial charge on any atom is -0.497 e. The standard InChI is InChI=1S/C23H31N3O5S/c1-17(2)25-32(28,29)21-10-6-19(7-11-21)23(27)24-16-22(26-12-14-31-15-13-26)18-4-8-20(30-3)9-5-18/h4-11,17,22,25H,12-16H2,1-3H3,(H,24,27). The molecule has 1 saturated heterocycles. The van der Waals surface area contributed by atoms with E-state index in [1.54, 1.807) is 21.0 Å². The Labute approximate surface area is 190 Å². The quantitative estimate of drug-likeness (QED) is 0.594. The van der Waals surface area contributed by atoms with Crippen LogP contribution in [-0.4, -0.2) is 65.2 Å². The number of hydrogen-bond donors (Lipinski definition) is 2. The molecule has 1 aliphatic heterocycles. The predicted octanol–water partition coefficient (Wildman–Crippen LogP) is 2.19. The minimum atomic E-state index is -3.59. The van der Waals surface area contributed by atoms with Crippen LogP contribution in [0.4, 0.5) is 0 Å². The number of nitrogens with zero attached hydrogens (tertiary/aromatic N) is 1. The van der Waals surface area contributed by atoms with E-state index in [9.17, 15) is 13.2 Å². The summed E-state index contributed by atoms with van der Waals surface area (Å²) in [5, 5.41) is 3.00. The van der Waals surface area contributed by atoms with Gasteiger partial charge in [0.15, 0.2) is 0 Å². The van der Waals surface area contributed by atoms with Gasteiger partial charge >= 0.3 is 0 Å². The van der Waals surface area contributed by atoms with Crippen molar-refractivity contribution >= 4 is 15.9 Å². The third-order valence-electron chi connectivity index (χ3n) is 5.26. The van der Waals surface area contributed by atoms with Crippen LogP contribution in [0.15, 0.2) is 53.4 Å². The van der Waals surface area contributed by atoms with Crippen LogP contribution in [0.5, 0.6) is 5.75 Å². The van der Waals surface area contributed by atoms with Crippen molar-refractivity contribution in [3.63, 3.8) is 0 Å². The summed E-state index contributed by atoms with van der Waals surface area (Å²) in [5.74, 6) is 0.526. The highest BCUT2D eigenvalue weighted by Gasteiger charge is 2.24. The van der Waals surface area contributed by atoms with E-state index in [1.165, 1.54) is 24.3 Å². The SMILES string of the molecule is COc1ccc(C(CNC(=O)c2ccc(S(=O)(=O)NC(C)C)cc2)N2CCOCC2)cc1. The van der Waals surface area contributed by atoms with Crippen molar-refractivity contribution in [2.24, 2.45) is 0 Å². The van der Waals surface area contributed by atoms with E-state index in [0.717, 1.165) is 24.4 Å². The van der Waals surface area contributed by atoms with Crippen molar-refractivity contribution in [3.8, 4) is 5.75 Å². The molecule has 0 aliphatic carbocycles. The maximum absolute atomic E-state index is 12.8. The number of carbonyl (C=O) groups is 1. The number of morpholine rings is 1. The largest absolute Gasteiger partial charge is 0.497 e. The van der Waals surface area contributed by atoms with Gasteiger partial charge in [-0.25, -0.2) is 13.1 Å². The van der Waals surface area contributed by atoms with Crippen LogP contribution in [0, 0.1) is 0 Å². The molecule has 2 aromatic carbocycles. The first-order valence-corrected chi connectivity index (χ1v) is 12.1. The highest BCUT2D eigenvalue weighted by molar-refractivity contribution is 7.89. The zero-order valence-electron chi connectivity index (χ0n) is 18.7. The van der Waals surface area contributed by atoms with Crippen LogP contribution in [-0.2, 0) is 14.8 Å². The number of amides is 1. The summed E-state index contributed by atoms with van der Waals surface area (Å²) in [4.78, 5) is 15.2. The molecule has 1 amide bonds. The van der Waals surface area contributed by atoms with Gasteiger partial charge in [0.05, 0.1) is 31.3 Å². The summed E-state index contributed by atoms with van der Waals surface area (Å²) in [5.41, 5.74) is 1.48. The third-order valence-corrected chi connectivity index (χ3v) is 6.94. The van der Waals surface area contributed by atoms with Gasteiger partial charge in [-0.15, -0.1) is 0 Å². The number of rotatable bonds is 9. The van der Waals surface area contributed by atoms with Crippen LogP contribution in [0.1, 0.15) is 35.8 Å². The van der Waals surface area contributed by atoms with E-state index in [4.69, 9.17) is 9.47 Å². The van der Waals surface area contributed by atoms with Crippen molar-refractivity contribution in [1.82, 2.24) is 14.9 Å². The third kappa shape index (κ3) is 6.29. The predicted molar refractivity (Wildman–Crippen MR) is 122 cm³/mol. The van der Waals surface area contributed by atoms with Gasteiger partial charge in [0, 0.05) is 31.2 Å². The summed E-state index contributed by atoms with van der Waals surface area (Å²) in [6.45, 7) is 6.80. The van der Waals surface area contributed by atoms with Gasteiger partial charge in [0.1, 0.15) is 5.75 Å². The molecule has 0 radical (unpaired) electrons. The Morgan fingerprint density at radius 3 is 2.25 bits per heavy atom. The Balaban J connectivity index is 1.70. The molecule has 3 rings (SSSR count). The van der Waals surface area contributed by atoms with Crippen LogP contribution in [0.3, 0.4) is 0 Å². The Hall–Kier alpha value is -2.46. The number of hydrogen-bond acceptors (Lipinski definition) is 6. The van der Waals surface area contributed by atoms with Gasteiger partial charge in [0.25, 0.3) is 5.91 Å². The molecule has 0 spiro atoms. The first-order chi connectivity index (χ1) is 15.3. The number of benzene rings is 2. The first kappa shape index (κ1) is 24.2. The normalized spacial score (nSPS) is 16.0. The minimum absolute atomic E-state index is 0.0105. The maximum Gasteiger partial charge on any atom is 0.251 e. The molecular formula is C23H31N3O5S. The molecule has 2 N–H and O–H groups in total. The molecule has 174 valence electrons. The average Bonchev–Trinajstić information content (AvgIpc) is 2.79. The monoisotopic (exact) mass is 461 g/mol. The van der Waals surface area contributed by atoms with Gasteiger partial charge < -0.3 is 14.8 Å². The summed E-state index contributed by atoms with van der Waals surface area (Å²) >= 11 is 0. The van der Waals surface area contributed by atoms with Crippen LogP contribution >= 0.6 is 0 Å². The maximum atomic E-state index is 12.8. The average molecular weight is 462 g/mol. The molecule has 1 heterocycles. The molecule has 1 fully saturated rings. The second-order valence-corrected chi connectivity index (χ2v) is 9.66. The highest BCUT2D eigenvalue weighted by Crippen LogP contribution is 2.24. The van der Waals surface area contributed by atoms with Gasteiger partial charge in [-0.1, -0.05) is 12.1 Å². The Bertz CT molecular complexity index is 985. The lowest BCUT2D eigenvalue weighted by molar-refractivity contribution is 0.0162. The van der Waals surface area contributed by atoms with Crippen molar-refractivity contribution in [2.45, 2.75) is 30.8 Å². The zero-order chi connectivity index (χ0) is 23.1. The Kier molecular flexibility index (Phi) is 8.25. The van der Waals surface area contributed by atoms with Gasteiger partial charge in [-0.2, -0.15) is 0 Å². The molecule has 32 heavy (non-hydrogen) atoms. The molecule has 0 saturated carbocycles. The van der Waals surface area contributed by atoms with E-state index in [1.807, 2.05) is 24.3 Å². The van der Waals surface area contributed by atoms with Crippen LogP contribution in [0.2, 0.25) is 0 Å². The number of methoxy groups -OCH3 is 1. The number of ether oxygens (including phenoxy) is 2. The second kappa shape index (κ2) is 10.9. The highest BCUT2D eigenvalue weighted by atomic mass is 32.2. The van der Waals surface area contributed by atoms with E-state index in [-0.39, 0.29) is 22.9 Å². The first-order valence-electron chi connectivity index (χ1n) is 10.7. The van der Waals surface area contributed by atoms with E-state index in [0.29, 0.717) is 25.3 Å². The van der Waals surface area contributed by atoms with Crippen molar-refractivity contribution in [3.05, 3.63) is 59.7 Å². The molecule has 1 unspecified atom stereocenters. The Morgan fingerprint density at radius 2 is 1.69 bits per heavy atom. The summed E-state index contributed by atoms with van der Waals surface area (Å²) < 4.78 is 37.8. The molecule has 0 bridgehead atoms. The fraction of sp³-hybridized carbons (Fsp3) is 0.435. The fourth-order valence-electron chi connectivity index (χ4n) is 3.63. The summed E-state index contributed by atoms with van der Waals surface area (Å²) in [7, 11) is -1.97. The molecule has 2 aromatic rings. The van der Waals surface area contributed by atoms with Crippen molar-refractivity contribution in [2.75, 3.05) is 40.0 Å². The lowest BCUT2D eigenvalue weighted by Gasteiger charge is -2.35. The van der Waals surface area contributed by atoms with Crippen molar-refractivity contribution in [1.29, 1.82) is 0 Å². The van der Waals surface area contributed by atoms with Gasteiger partial charge in [0.2, 0.25) is 10.0 Å². The molecule has 9 heteroatoms. The van der Waals surface area contributed by atoms with Gasteiger partial charge in [-0.05, 0) is 55.8 Å². The molecule has 1 atom stereocenters. The number of nitrogens with one attached hydrogen (secondary N) is 2. The lowest BCUT2D eigenvalue weighted by atomic mass is 10.0. The number of sulfonamides is 1. The van der Waals surface area contributed by atoms with Crippen LogP contribution < -0.4 is 14.8 Å². The topological polar surface area (TPSA) is 97.0 Å². The van der Waals surface area contributed by atoms with E-state index < -0.39 is 10.0 Å². The molecule has 1 aliphatic rings. The van der Waals surface area contributed by atoms with E-state index in [2.05, 4.69) is 14.9 Å². The zero-order valence-corrected chi connectivity index (χ0v) is 19.5. The van der Waals surface area contributed by atoms with Crippen LogP contribution in [0.25, 0.3) is 0 Å². The lowest BCUT2D eigenvalue weighted by Crippen LogP contribution is -2.43. The fourth-order valence-corrected chi connectivity index (χ4v) is 4.88. The summed E-state index contributed by atoms with van der Waals surface area (Å²) in [6, 6.07) is 13.6. The second-order valence-electron chi connectivity index (χ2n) is 7.95. The molecule has 0 aromatic heterocycles. The van der Waals surface area contributed by atoms with Gasteiger partial charge in [-0.3, -0.25) is 9.69 Å².